The first-order valence-corrected chi connectivity index (χ1v) is 8.68. The molecule has 0 radical (unpaired) electrons. The number of hydrogen-bond donors (Lipinski definition) is 1. The number of hydrogen-bond acceptors (Lipinski definition) is 6. The third-order valence-corrected chi connectivity index (χ3v) is 4.53. The number of imidazole rings is 1. The molecule has 1 atom stereocenters. The lowest BCUT2D eigenvalue weighted by atomic mass is 10.1. The molecule has 0 saturated carbocycles. The second-order valence-electron chi connectivity index (χ2n) is 6.20. The molecular formula is C19H21N5O2. The Kier molecular flexibility index (Phi) is 4.79. The fraction of sp³-hybridized carbons (Fsp3) is 0.316. The highest BCUT2D eigenvalue weighted by molar-refractivity contribution is 5.41. The molecule has 0 amide bonds. The van der Waals surface area contributed by atoms with Gasteiger partial charge in [0, 0.05) is 12.4 Å². The lowest BCUT2D eigenvalue weighted by molar-refractivity contribution is 0.237. The van der Waals surface area contributed by atoms with Crippen LogP contribution in [0.5, 0.6) is 17.4 Å². The van der Waals surface area contributed by atoms with Crippen molar-refractivity contribution in [3.63, 3.8) is 0 Å². The van der Waals surface area contributed by atoms with Gasteiger partial charge in [0.1, 0.15) is 5.82 Å². The summed E-state index contributed by atoms with van der Waals surface area (Å²) in [5, 5.41) is 0. The summed E-state index contributed by atoms with van der Waals surface area (Å²) in [6, 6.07) is 7.73. The fourth-order valence-corrected chi connectivity index (χ4v) is 3.32. The summed E-state index contributed by atoms with van der Waals surface area (Å²) in [5.41, 5.74) is 0.918. The Morgan fingerprint density at radius 3 is 2.92 bits per heavy atom. The standard InChI is InChI=1S/C19H21N5O2/c1-25-16-6-2-3-7-17(16)26-19-12-20-11-14(23-19)15-5-4-10-24(15)13-18-21-8-9-22-18/h2-3,6-9,11-12,15H,4-5,10,13H2,1H3,(H,21,22)/t15-/m0/s1. The van der Waals surface area contributed by atoms with Crippen LogP contribution in [0.4, 0.5) is 0 Å². The van der Waals surface area contributed by atoms with Crippen LogP contribution in [0.15, 0.2) is 49.1 Å². The molecular weight excluding hydrogens is 330 g/mol. The molecule has 1 N–H and O–H groups in total. The summed E-state index contributed by atoms with van der Waals surface area (Å²) < 4.78 is 11.2. The van der Waals surface area contributed by atoms with E-state index in [9.17, 15) is 0 Å². The van der Waals surface area contributed by atoms with Gasteiger partial charge in [0.2, 0.25) is 5.88 Å². The number of likely N-dealkylation sites (tertiary alicyclic amines) is 1. The summed E-state index contributed by atoms with van der Waals surface area (Å²) in [7, 11) is 1.62. The summed E-state index contributed by atoms with van der Waals surface area (Å²) in [6.45, 7) is 1.79. The topological polar surface area (TPSA) is 76.2 Å². The zero-order valence-electron chi connectivity index (χ0n) is 14.6. The average Bonchev–Trinajstić information content (AvgIpc) is 3.35. The number of aromatic amines is 1. The van der Waals surface area contributed by atoms with E-state index in [0.29, 0.717) is 17.4 Å². The first-order chi connectivity index (χ1) is 12.8. The number of nitrogens with zero attached hydrogens (tertiary/aromatic N) is 4. The van der Waals surface area contributed by atoms with Crippen molar-refractivity contribution in [3.05, 3.63) is 60.6 Å². The SMILES string of the molecule is COc1ccccc1Oc1cncc([C@@H]2CCCN2Cc2ncc[nH]2)n1. The van der Waals surface area contributed by atoms with Gasteiger partial charge in [0.15, 0.2) is 11.5 Å². The van der Waals surface area contributed by atoms with E-state index < -0.39 is 0 Å². The number of benzene rings is 1. The van der Waals surface area contributed by atoms with Crippen molar-refractivity contribution in [1.29, 1.82) is 0 Å². The molecule has 0 bridgehead atoms. The largest absolute Gasteiger partial charge is 0.493 e. The first kappa shape index (κ1) is 16.5. The second-order valence-corrected chi connectivity index (χ2v) is 6.20. The van der Waals surface area contributed by atoms with Crippen molar-refractivity contribution < 1.29 is 9.47 Å². The smallest absolute Gasteiger partial charge is 0.238 e. The molecule has 134 valence electrons. The molecule has 1 aromatic carbocycles. The van der Waals surface area contributed by atoms with Gasteiger partial charge in [-0.05, 0) is 31.5 Å². The minimum atomic E-state index is 0.216. The number of rotatable bonds is 6. The predicted octanol–water partition coefficient (Wildman–Crippen LogP) is 3.34. The third-order valence-electron chi connectivity index (χ3n) is 4.53. The van der Waals surface area contributed by atoms with Crippen molar-refractivity contribution in [2.45, 2.75) is 25.4 Å². The number of methoxy groups -OCH3 is 1. The lowest BCUT2D eigenvalue weighted by Gasteiger charge is -2.23. The van der Waals surface area contributed by atoms with E-state index in [-0.39, 0.29) is 6.04 Å². The Morgan fingerprint density at radius 1 is 1.23 bits per heavy atom. The first-order valence-electron chi connectivity index (χ1n) is 8.68. The molecule has 0 spiro atoms. The maximum atomic E-state index is 5.91. The molecule has 1 aliphatic heterocycles. The second kappa shape index (κ2) is 7.53. The molecule has 3 heterocycles. The van der Waals surface area contributed by atoms with Gasteiger partial charge in [0.05, 0.1) is 37.8 Å². The molecule has 2 aromatic heterocycles. The summed E-state index contributed by atoms with van der Waals surface area (Å²) in [5.74, 6) is 2.73. The van der Waals surface area contributed by atoms with Crippen molar-refractivity contribution in [2.75, 3.05) is 13.7 Å². The van der Waals surface area contributed by atoms with Crippen LogP contribution in [0.1, 0.15) is 30.4 Å². The van der Waals surface area contributed by atoms with Crippen LogP contribution in [-0.4, -0.2) is 38.5 Å². The molecule has 4 rings (SSSR count). The molecule has 1 fully saturated rings. The minimum absolute atomic E-state index is 0.216. The molecule has 0 aliphatic carbocycles. The fourth-order valence-electron chi connectivity index (χ4n) is 3.32. The van der Waals surface area contributed by atoms with E-state index in [1.54, 1.807) is 19.5 Å². The Labute approximate surface area is 152 Å². The van der Waals surface area contributed by atoms with Gasteiger partial charge in [-0.1, -0.05) is 12.1 Å². The van der Waals surface area contributed by atoms with E-state index >= 15 is 0 Å². The molecule has 1 aliphatic rings. The molecule has 3 aromatic rings. The lowest BCUT2D eigenvalue weighted by Crippen LogP contribution is -2.24. The number of para-hydroxylation sites is 2. The van der Waals surface area contributed by atoms with Gasteiger partial charge in [-0.15, -0.1) is 0 Å². The minimum Gasteiger partial charge on any atom is -0.493 e. The maximum Gasteiger partial charge on any atom is 0.238 e. The monoisotopic (exact) mass is 351 g/mol. The van der Waals surface area contributed by atoms with Crippen molar-refractivity contribution in [1.82, 2.24) is 24.8 Å². The van der Waals surface area contributed by atoms with Crippen LogP contribution in [0.2, 0.25) is 0 Å². The Hall–Kier alpha value is -2.93. The zero-order valence-corrected chi connectivity index (χ0v) is 14.6. The summed E-state index contributed by atoms with van der Waals surface area (Å²) in [6.07, 6.45) is 9.25. The van der Waals surface area contributed by atoms with Gasteiger partial charge in [-0.3, -0.25) is 9.88 Å². The van der Waals surface area contributed by atoms with Crippen LogP contribution in [-0.2, 0) is 6.54 Å². The maximum absolute atomic E-state index is 5.91. The van der Waals surface area contributed by atoms with E-state index in [4.69, 9.17) is 14.5 Å². The van der Waals surface area contributed by atoms with Crippen LogP contribution in [0, 0.1) is 0 Å². The van der Waals surface area contributed by atoms with E-state index in [1.807, 2.05) is 36.7 Å². The number of ether oxygens (including phenoxy) is 2. The molecule has 1 saturated heterocycles. The highest BCUT2D eigenvalue weighted by Crippen LogP contribution is 2.34. The van der Waals surface area contributed by atoms with Crippen molar-refractivity contribution in [2.24, 2.45) is 0 Å². The summed E-state index contributed by atoms with van der Waals surface area (Å²) in [4.78, 5) is 18.9. The van der Waals surface area contributed by atoms with E-state index in [2.05, 4.69) is 19.9 Å². The van der Waals surface area contributed by atoms with Gasteiger partial charge in [-0.25, -0.2) is 9.97 Å². The van der Waals surface area contributed by atoms with E-state index in [0.717, 1.165) is 37.4 Å². The molecule has 7 heteroatoms. The average molecular weight is 351 g/mol. The molecule has 26 heavy (non-hydrogen) atoms. The van der Waals surface area contributed by atoms with Crippen LogP contribution in [0.25, 0.3) is 0 Å². The molecule has 7 nitrogen and oxygen atoms in total. The zero-order chi connectivity index (χ0) is 17.8. The van der Waals surface area contributed by atoms with Crippen LogP contribution >= 0.6 is 0 Å². The van der Waals surface area contributed by atoms with E-state index in [1.165, 1.54) is 0 Å². The Bertz CT molecular complexity index is 853. The van der Waals surface area contributed by atoms with Crippen LogP contribution < -0.4 is 9.47 Å². The molecule has 0 unspecified atom stereocenters. The quantitative estimate of drug-likeness (QED) is 0.734. The van der Waals surface area contributed by atoms with Gasteiger partial charge in [-0.2, -0.15) is 0 Å². The Morgan fingerprint density at radius 2 is 2.12 bits per heavy atom. The number of H-pyrrole nitrogens is 1. The van der Waals surface area contributed by atoms with Gasteiger partial charge >= 0.3 is 0 Å². The van der Waals surface area contributed by atoms with Crippen LogP contribution in [0.3, 0.4) is 0 Å². The van der Waals surface area contributed by atoms with Gasteiger partial charge < -0.3 is 14.5 Å². The third kappa shape index (κ3) is 3.52. The predicted molar refractivity (Wildman–Crippen MR) is 96.1 cm³/mol. The summed E-state index contributed by atoms with van der Waals surface area (Å²) >= 11 is 0. The number of aromatic nitrogens is 4. The highest BCUT2D eigenvalue weighted by Gasteiger charge is 2.28. The Balaban J connectivity index is 1.53. The van der Waals surface area contributed by atoms with Crippen molar-refractivity contribution >= 4 is 0 Å². The normalized spacial score (nSPS) is 17.3. The number of nitrogens with one attached hydrogen (secondary N) is 1. The highest BCUT2D eigenvalue weighted by atomic mass is 16.5. The van der Waals surface area contributed by atoms with Gasteiger partial charge in [0.25, 0.3) is 0 Å². The van der Waals surface area contributed by atoms with Crippen molar-refractivity contribution in [3.8, 4) is 17.4 Å².